The molecule has 8 heteroatoms. The van der Waals surface area contributed by atoms with Gasteiger partial charge in [0.25, 0.3) is 0 Å². The number of hydrogen-bond donors (Lipinski definition) is 1. The predicted octanol–water partition coefficient (Wildman–Crippen LogP) is 17.5. The number of nitrogens with zero attached hydrogens (tertiary/aromatic N) is 3. The molecule has 3 aromatic heterocycles. The van der Waals surface area contributed by atoms with Crippen molar-refractivity contribution in [3.05, 3.63) is 46.2 Å². The summed E-state index contributed by atoms with van der Waals surface area (Å²) in [4.78, 5) is 2.40. The minimum atomic E-state index is 0.657. The Balaban J connectivity index is 1.11. The highest BCUT2D eigenvalue weighted by atomic mass is 32.1. The van der Waals surface area contributed by atoms with Gasteiger partial charge < -0.3 is 5.73 Å². The second-order valence-corrected chi connectivity index (χ2v) is 18.9. The molecule has 0 radical (unpaired) electrons. The summed E-state index contributed by atoms with van der Waals surface area (Å²) in [5, 5.41) is 6.63. The summed E-state index contributed by atoms with van der Waals surface area (Å²) in [6, 6.07) is 9.10. The van der Waals surface area contributed by atoms with Crippen LogP contribution >= 0.6 is 34.4 Å². The molecule has 0 atom stereocenters. The third-order valence-corrected chi connectivity index (χ3v) is 14.5. The minimum absolute atomic E-state index is 0.657. The molecule has 4 nitrogen and oxygen atoms in total. The number of nitrogen functional groups attached to an aromatic ring is 1. The second kappa shape index (κ2) is 26.0. The first-order valence-corrected chi connectivity index (χ1v) is 25.5. The maximum absolute atomic E-state index is 6.89. The van der Waals surface area contributed by atoms with Gasteiger partial charge in [-0.1, -0.05) is 168 Å². The lowest BCUT2D eigenvalue weighted by atomic mass is 9.97. The Labute approximate surface area is 357 Å². The van der Waals surface area contributed by atoms with Crippen molar-refractivity contribution in [2.75, 3.05) is 5.73 Å². The monoisotopic (exact) mass is 830 g/mol. The van der Waals surface area contributed by atoms with Gasteiger partial charge in [-0.2, -0.15) is 13.1 Å². The van der Waals surface area contributed by atoms with Crippen LogP contribution in [0.2, 0.25) is 0 Å². The maximum Gasteiger partial charge on any atom is 0.114 e. The average molecular weight is 831 g/mol. The largest absolute Gasteiger partial charge is 0.396 e. The van der Waals surface area contributed by atoms with E-state index >= 15 is 0 Å². The molecular formula is C48H70N4S4. The summed E-state index contributed by atoms with van der Waals surface area (Å²) < 4.78 is 14.0. The normalized spacial score (nSPS) is 11.8. The molecule has 2 aromatic carbocycles. The van der Waals surface area contributed by atoms with Gasteiger partial charge in [0.15, 0.2) is 0 Å². The van der Waals surface area contributed by atoms with Gasteiger partial charge in [-0.15, -0.1) is 22.7 Å². The number of benzene rings is 2. The fourth-order valence-corrected chi connectivity index (χ4v) is 11.0. The molecule has 5 aromatic rings. The Morgan fingerprint density at radius 3 is 1.34 bits per heavy atom. The van der Waals surface area contributed by atoms with E-state index in [1.165, 1.54) is 200 Å². The number of thiophene rings is 2. The zero-order valence-corrected chi connectivity index (χ0v) is 38.1. The fourth-order valence-electron chi connectivity index (χ4n) is 8.28. The minimum Gasteiger partial charge on any atom is -0.396 e. The van der Waals surface area contributed by atoms with Crippen LogP contribution in [-0.2, 0) is 25.3 Å². The summed E-state index contributed by atoms with van der Waals surface area (Å²) >= 11 is 10.2. The van der Waals surface area contributed by atoms with E-state index in [4.69, 9.17) is 26.9 Å². The number of fused-ring (bicyclic) bond motifs is 3. The predicted molar refractivity (Wildman–Crippen MR) is 254 cm³/mol. The van der Waals surface area contributed by atoms with Crippen molar-refractivity contribution in [1.82, 2.24) is 8.75 Å². The van der Waals surface area contributed by atoms with Gasteiger partial charge in [0.05, 0.1) is 17.4 Å². The van der Waals surface area contributed by atoms with Crippen LogP contribution in [0.3, 0.4) is 0 Å². The van der Waals surface area contributed by atoms with Gasteiger partial charge in [0.1, 0.15) is 16.7 Å². The number of rotatable bonds is 31. The van der Waals surface area contributed by atoms with Crippen molar-refractivity contribution >= 4 is 80.0 Å². The number of anilines is 1. The molecule has 2 N–H and O–H groups in total. The SMILES string of the molecule is CCCCCCCCCCCCCCCc1csc(-c2cc3c(cc(-c4cc(CCCCCCCCCCCCCCC)cs4)c4nsnc43)c(N=S)c2N)c1. The Bertz CT molecular complexity index is 1850. The van der Waals surface area contributed by atoms with Crippen molar-refractivity contribution in [2.24, 2.45) is 4.36 Å². The van der Waals surface area contributed by atoms with E-state index in [2.05, 4.69) is 53.2 Å². The quantitative estimate of drug-likeness (QED) is 0.0357. The van der Waals surface area contributed by atoms with Crippen LogP contribution < -0.4 is 5.73 Å². The Morgan fingerprint density at radius 1 is 0.500 bits per heavy atom. The van der Waals surface area contributed by atoms with E-state index in [-0.39, 0.29) is 0 Å². The highest BCUT2D eigenvalue weighted by Gasteiger charge is 2.21. The molecule has 5 rings (SSSR count). The van der Waals surface area contributed by atoms with Crippen molar-refractivity contribution in [1.29, 1.82) is 0 Å². The molecule has 0 saturated heterocycles. The van der Waals surface area contributed by atoms with E-state index in [0.717, 1.165) is 45.8 Å². The van der Waals surface area contributed by atoms with Crippen molar-refractivity contribution in [2.45, 2.75) is 194 Å². The van der Waals surface area contributed by atoms with E-state index < -0.39 is 0 Å². The second-order valence-electron chi connectivity index (χ2n) is 16.4. The van der Waals surface area contributed by atoms with Crippen LogP contribution in [0, 0.1) is 0 Å². The lowest BCUT2D eigenvalue weighted by Crippen LogP contribution is -1.93. The summed E-state index contributed by atoms with van der Waals surface area (Å²) in [5.41, 5.74) is 15.0. The van der Waals surface area contributed by atoms with E-state index in [0.29, 0.717) is 11.4 Å². The van der Waals surface area contributed by atoms with Crippen molar-refractivity contribution in [3.63, 3.8) is 0 Å². The molecule has 0 aliphatic rings. The van der Waals surface area contributed by atoms with Gasteiger partial charge >= 0.3 is 0 Å². The van der Waals surface area contributed by atoms with Crippen molar-refractivity contribution < 1.29 is 0 Å². The standard InChI is InChI=1S/C48H70N4S4/c1-3-5-7-9-11-13-15-17-19-21-23-25-27-29-37-31-43(54-35-37)41-33-40-39(46(50-53)45(41)49)34-42(48-47(40)51-56-52-48)44-32-38(36-55-44)30-28-26-24-22-20-18-16-14-12-10-8-6-4-2/h31-36H,3-30,49H2,1-2H3. The van der Waals surface area contributed by atoms with Gasteiger partial charge in [0, 0.05) is 44.1 Å². The molecule has 3 heterocycles. The highest BCUT2D eigenvalue weighted by Crippen LogP contribution is 2.46. The Kier molecular flexibility index (Phi) is 20.8. The number of unbranched alkanes of at least 4 members (excludes halogenated alkanes) is 24. The number of nitrogens with two attached hydrogens (primary N) is 1. The third-order valence-electron chi connectivity index (χ3n) is 11.7. The van der Waals surface area contributed by atoms with Gasteiger partial charge in [-0.3, -0.25) is 0 Å². The summed E-state index contributed by atoms with van der Waals surface area (Å²) in [7, 11) is 0. The molecule has 0 amide bonds. The number of hydrogen-bond acceptors (Lipinski definition) is 8. The zero-order chi connectivity index (χ0) is 39.2. The van der Waals surface area contributed by atoms with E-state index in [1.807, 2.05) is 0 Å². The molecule has 0 saturated carbocycles. The van der Waals surface area contributed by atoms with Crippen LogP contribution in [0.1, 0.15) is 192 Å². The molecule has 0 aliphatic carbocycles. The van der Waals surface area contributed by atoms with Crippen molar-refractivity contribution in [3.8, 4) is 20.9 Å². The average Bonchev–Trinajstić information content (AvgIpc) is 4.00. The smallest absolute Gasteiger partial charge is 0.114 e. The molecule has 306 valence electrons. The first-order chi connectivity index (χ1) is 27.6. The van der Waals surface area contributed by atoms with Crippen LogP contribution in [-0.4, -0.2) is 8.75 Å². The van der Waals surface area contributed by atoms with Crippen LogP contribution in [0.5, 0.6) is 0 Å². The molecule has 0 unspecified atom stereocenters. The fraction of sp³-hybridized carbons (Fsp3) is 0.625. The van der Waals surface area contributed by atoms with Crippen LogP contribution in [0.15, 0.2) is 39.4 Å². The van der Waals surface area contributed by atoms with E-state index in [9.17, 15) is 0 Å². The molecule has 0 fully saturated rings. The van der Waals surface area contributed by atoms with Gasteiger partial charge in [-0.05, 0) is 71.8 Å². The Hall–Kier alpha value is -2.26. The number of aromatic nitrogens is 2. The Morgan fingerprint density at radius 2 is 0.893 bits per heavy atom. The van der Waals surface area contributed by atoms with E-state index in [1.54, 1.807) is 22.7 Å². The molecule has 0 spiro atoms. The lowest BCUT2D eigenvalue weighted by Gasteiger charge is -2.12. The third kappa shape index (κ3) is 13.9. The maximum atomic E-state index is 6.89. The first kappa shape index (κ1) is 44.8. The topological polar surface area (TPSA) is 64.2 Å². The molecule has 0 bridgehead atoms. The summed E-state index contributed by atoms with van der Waals surface area (Å²) in [6.07, 6.45) is 38.2. The van der Waals surface area contributed by atoms with Gasteiger partial charge in [-0.25, -0.2) is 0 Å². The zero-order valence-electron chi connectivity index (χ0n) is 34.8. The lowest BCUT2D eigenvalue weighted by molar-refractivity contribution is 0.539. The molecule has 56 heavy (non-hydrogen) atoms. The molecular weight excluding hydrogens is 761 g/mol. The summed E-state index contributed by atoms with van der Waals surface area (Å²) in [5.74, 6) is 0. The molecule has 0 aliphatic heterocycles. The summed E-state index contributed by atoms with van der Waals surface area (Å²) in [6.45, 7) is 4.59. The van der Waals surface area contributed by atoms with Crippen LogP contribution in [0.25, 0.3) is 42.7 Å². The highest BCUT2D eigenvalue weighted by molar-refractivity contribution is 7.47. The van der Waals surface area contributed by atoms with Gasteiger partial charge in [0.2, 0.25) is 0 Å². The first-order valence-electron chi connectivity index (χ1n) is 22.6. The number of aryl methyl sites for hydroxylation is 2. The van der Waals surface area contributed by atoms with Crippen LogP contribution in [0.4, 0.5) is 11.4 Å².